The molecule has 0 atom stereocenters. The summed E-state index contributed by atoms with van der Waals surface area (Å²) in [6.45, 7) is 1.84. The monoisotopic (exact) mass is 495 g/mol. The molecule has 1 aromatic heterocycles. The molecule has 0 aliphatic carbocycles. The number of anilines is 1. The van der Waals surface area contributed by atoms with Crippen molar-refractivity contribution < 1.29 is 14.3 Å². The van der Waals surface area contributed by atoms with Gasteiger partial charge in [0.05, 0.1) is 36.6 Å². The molecule has 7 nitrogen and oxygen atoms in total. The minimum absolute atomic E-state index is 0.0317. The van der Waals surface area contributed by atoms with Crippen molar-refractivity contribution in [3.63, 3.8) is 0 Å². The number of hydrogen-bond donors (Lipinski definition) is 1. The molecule has 0 fully saturated rings. The third-order valence-electron chi connectivity index (χ3n) is 5.19. The van der Waals surface area contributed by atoms with E-state index < -0.39 is 0 Å². The Morgan fingerprint density at radius 3 is 2.47 bits per heavy atom. The molecule has 4 rings (SSSR count). The van der Waals surface area contributed by atoms with E-state index >= 15 is 0 Å². The van der Waals surface area contributed by atoms with Crippen LogP contribution in [-0.2, 0) is 4.79 Å². The van der Waals surface area contributed by atoms with Gasteiger partial charge in [-0.2, -0.15) is 0 Å². The van der Waals surface area contributed by atoms with E-state index in [2.05, 4.69) is 10.3 Å². The molecule has 1 N–H and O–H groups in total. The molecule has 174 valence electrons. The Morgan fingerprint density at radius 2 is 1.76 bits per heavy atom. The number of aromatic nitrogens is 2. The summed E-state index contributed by atoms with van der Waals surface area (Å²) in [4.78, 5) is 30.9. The van der Waals surface area contributed by atoms with Crippen LogP contribution in [0.5, 0.6) is 11.5 Å². The lowest BCUT2D eigenvalue weighted by molar-refractivity contribution is -0.113. The van der Waals surface area contributed by atoms with Crippen molar-refractivity contribution in [1.82, 2.24) is 9.55 Å². The summed E-state index contributed by atoms with van der Waals surface area (Å²) in [5.41, 5.74) is 2.24. The molecule has 0 bridgehead atoms. The van der Waals surface area contributed by atoms with E-state index in [0.717, 1.165) is 5.56 Å². The van der Waals surface area contributed by atoms with Gasteiger partial charge in [0.2, 0.25) is 5.91 Å². The van der Waals surface area contributed by atoms with Crippen LogP contribution in [0.4, 0.5) is 5.69 Å². The quantitative estimate of drug-likeness (QED) is 0.284. The maximum absolute atomic E-state index is 13.4. The maximum Gasteiger partial charge on any atom is 0.266 e. The van der Waals surface area contributed by atoms with Gasteiger partial charge in [0, 0.05) is 28.9 Å². The maximum atomic E-state index is 13.4. The van der Waals surface area contributed by atoms with Gasteiger partial charge in [0.1, 0.15) is 11.5 Å². The molecule has 0 saturated carbocycles. The number of benzene rings is 3. The van der Waals surface area contributed by atoms with Crippen LogP contribution in [0.1, 0.15) is 5.56 Å². The first-order valence-corrected chi connectivity index (χ1v) is 11.7. The Hall–Kier alpha value is -3.49. The summed E-state index contributed by atoms with van der Waals surface area (Å²) in [6.07, 6.45) is 0. The van der Waals surface area contributed by atoms with E-state index in [4.69, 9.17) is 21.1 Å². The lowest BCUT2D eigenvalue weighted by Gasteiger charge is -2.16. The van der Waals surface area contributed by atoms with Crippen molar-refractivity contribution in [2.45, 2.75) is 12.1 Å². The normalized spacial score (nSPS) is 10.8. The first-order valence-electron chi connectivity index (χ1n) is 10.3. The third-order valence-corrected chi connectivity index (χ3v) is 6.54. The van der Waals surface area contributed by atoms with E-state index in [-0.39, 0.29) is 17.2 Å². The number of fused-ring (bicyclic) bond motifs is 1. The fourth-order valence-electron chi connectivity index (χ4n) is 3.47. The van der Waals surface area contributed by atoms with E-state index in [0.29, 0.717) is 44.0 Å². The predicted molar refractivity (Wildman–Crippen MR) is 136 cm³/mol. The number of amides is 1. The van der Waals surface area contributed by atoms with Gasteiger partial charge in [0.25, 0.3) is 5.56 Å². The van der Waals surface area contributed by atoms with Crippen LogP contribution < -0.4 is 20.3 Å². The number of ether oxygens (including phenoxy) is 2. The lowest BCUT2D eigenvalue weighted by atomic mass is 10.2. The summed E-state index contributed by atoms with van der Waals surface area (Å²) in [5.74, 6) is 0.883. The molecular formula is C25H22ClN3O4S. The van der Waals surface area contributed by atoms with Crippen LogP contribution in [-0.4, -0.2) is 35.4 Å². The molecule has 1 heterocycles. The number of carbonyl (C=O) groups excluding carboxylic acids is 1. The fourth-order valence-corrected chi connectivity index (χ4v) is 4.44. The number of methoxy groups -OCH3 is 2. The predicted octanol–water partition coefficient (Wildman–Crippen LogP) is 5.10. The molecule has 34 heavy (non-hydrogen) atoms. The Morgan fingerprint density at radius 1 is 1.06 bits per heavy atom. The summed E-state index contributed by atoms with van der Waals surface area (Å²) in [5, 5.41) is 4.26. The van der Waals surface area contributed by atoms with Crippen molar-refractivity contribution >= 4 is 45.9 Å². The number of carbonyl (C=O) groups is 1. The zero-order valence-electron chi connectivity index (χ0n) is 18.8. The van der Waals surface area contributed by atoms with Crippen molar-refractivity contribution in [1.29, 1.82) is 0 Å². The van der Waals surface area contributed by atoms with Crippen molar-refractivity contribution in [2.75, 3.05) is 25.3 Å². The van der Waals surface area contributed by atoms with E-state index in [1.807, 2.05) is 19.1 Å². The summed E-state index contributed by atoms with van der Waals surface area (Å²) >= 11 is 7.49. The van der Waals surface area contributed by atoms with Crippen LogP contribution in [0.25, 0.3) is 16.6 Å². The Balaban J connectivity index is 1.67. The Kier molecular flexibility index (Phi) is 7.09. The van der Waals surface area contributed by atoms with Crippen molar-refractivity contribution in [3.8, 4) is 17.2 Å². The van der Waals surface area contributed by atoms with Gasteiger partial charge in [-0.1, -0.05) is 41.6 Å². The number of para-hydroxylation sites is 1. The molecular weight excluding hydrogens is 474 g/mol. The Labute approximate surface area is 205 Å². The summed E-state index contributed by atoms with van der Waals surface area (Å²) in [7, 11) is 3.08. The lowest BCUT2D eigenvalue weighted by Crippen LogP contribution is -2.23. The number of halogens is 1. The highest BCUT2D eigenvalue weighted by atomic mass is 35.5. The smallest absolute Gasteiger partial charge is 0.266 e. The van der Waals surface area contributed by atoms with E-state index in [1.165, 1.54) is 16.3 Å². The van der Waals surface area contributed by atoms with E-state index in [1.54, 1.807) is 62.8 Å². The first kappa shape index (κ1) is 23.7. The number of thioether (sulfide) groups is 1. The van der Waals surface area contributed by atoms with Crippen LogP contribution in [0.3, 0.4) is 0 Å². The zero-order valence-corrected chi connectivity index (χ0v) is 20.4. The van der Waals surface area contributed by atoms with E-state index in [9.17, 15) is 9.59 Å². The van der Waals surface area contributed by atoms with Gasteiger partial charge in [-0.25, -0.2) is 4.98 Å². The van der Waals surface area contributed by atoms with Crippen LogP contribution in [0.2, 0.25) is 5.02 Å². The fraction of sp³-hybridized carbons (Fsp3) is 0.160. The second kappa shape index (κ2) is 10.2. The molecule has 4 aromatic rings. The van der Waals surface area contributed by atoms with Crippen LogP contribution >= 0.6 is 23.4 Å². The van der Waals surface area contributed by atoms with Gasteiger partial charge in [0.15, 0.2) is 5.16 Å². The largest absolute Gasteiger partial charge is 0.497 e. The number of nitrogens with one attached hydrogen (secondary N) is 1. The first-order chi connectivity index (χ1) is 16.4. The second-order valence-electron chi connectivity index (χ2n) is 7.37. The van der Waals surface area contributed by atoms with Crippen molar-refractivity contribution in [3.05, 3.63) is 81.6 Å². The summed E-state index contributed by atoms with van der Waals surface area (Å²) < 4.78 is 12.0. The molecule has 9 heteroatoms. The minimum atomic E-state index is -0.267. The molecule has 0 aliphatic heterocycles. The average Bonchev–Trinajstić information content (AvgIpc) is 2.84. The number of nitrogens with zero attached hydrogens (tertiary/aromatic N) is 2. The van der Waals surface area contributed by atoms with Crippen LogP contribution in [0.15, 0.2) is 70.6 Å². The highest BCUT2D eigenvalue weighted by molar-refractivity contribution is 7.99. The molecule has 0 spiro atoms. The van der Waals surface area contributed by atoms with Crippen molar-refractivity contribution in [2.24, 2.45) is 0 Å². The molecule has 0 aliphatic rings. The SMILES string of the molecule is COc1cc(NC(=O)CSc2nc3ccccc3c(=O)n2-c2cccc(Cl)c2C)cc(OC)c1. The zero-order chi connectivity index (χ0) is 24.2. The highest BCUT2D eigenvalue weighted by Gasteiger charge is 2.17. The van der Waals surface area contributed by atoms with Gasteiger partial charge < -0.3 is 14.8 Å². The number of hydrogen-bond acceptors (Lipinski definition) is 6. The highest BCUT2D eigenvalue weighted by Crippen LogP contribution is 2.28. The van der Waals surface area contributed by atoms with Crippen LogP contribution in [0, 0.1) is 6.92 Å². The van der Waals surface area contributed by atoms with Gasteiger partial charge in [-0.3, -0.25) is 14.2 Å². The third kappa shape index (κ3) is 4.88. The Bertz CT molecular complexity index is 1420. The molecule has 0 saturated heterocycles. The van der Waals surface area contributed by atoms with Gasteiger partial charge in [-0.05, 0) is 36.8 Å². The molecule has 1 amide bonds. The molecule has 3 aromatic carbocycles. The number of rotatable bonds is 7. The second-order valence-corrected chi connectivity index (χ2v) is 8.72. The van der Waals surface area contributed by atoms with Gasteiger partial charge in [-0.15, -0.1) is 0 Å². The average molecular weight is 496 g/mol. The molecule has 0 unspecified atom stereocenters. The molecule has 0 radical (unpaired) electrons. The standard InChI is InChI=1S/C25H22ClN3O4S/c1-15-20(26)8-6-10-22(15)29-24(31)19-7-4-5-9-21(19)28-25(29)34-14-23(30)27-16-11-17(32-2)13-18(12-16)33-3/h4-13H,14H2,1-3H3,(H,27,30). The topological polar surface area (TPSA) is 82.5 Å². The van der Waals surface area contributed by atoms with Gasteiger partial charge >= 0.3 is 0 Å². The minimum Gasteiger partial charge on any atom is -0.497 e. The summed E-state index contributed by atoms with van der Waals surface area (Å²) in [6, 6.07) is 17.6.